The third kappa shape index (κ3) is 3.74. The van der Waals surface area contributed by atoms with Gasteiger partial charge >= 0.3 is 0 Å². The van der Waals surface area contributed by atoms with Crippen molar-refractivity contribution >= 4 is 11.6 Å². The fourth-order valence-electron chi connectivity index (χ4n) is 3.02. The average Bonchev–Trinajstić information content (AvgIpc) is 3.07. The van der Waals surface area contributed by atoms with Gasteiger partial charge in [-0.2, -0.15) is 0 Å². The normalized spacial score (nSPS) is 16.6. The summed E-state index contributed by atoms with van der Waals surface area (Å²) in [5, 5.41) is 4.16. The first-order valence-electron chi connectivity index (χ1n) is 8.32. The van der Waals surface area contributed by atoms with E-state index in [1.165, 1.54) is 0 Å². The van der Waals surface area contributed by atoms with Crippen LogP contribution < -0.4 is 5.32 Å². The van der Waals surface area contributed by atoms with Gasteiger partial charge in [0, 0.05) is 24.3 Å². The van der Waals surface area contributed by atoms with Crippen LogP contribution in [0.15, 0.2) is 54.9 Å². The summed E-state index contributed by atoms with van der Waals surface area (Å²) < 4.78 is 8.16. The van der Waals surface area contributed by atoms with Crippen molar-refractivity contribution in [3.05, 3.63) is 71.4 Å². The summed E-state index contributed by atoms with van der Waals surface area (Å²) in [4.78, 5) is 8.81. The minimum Gasteiger partial charge on any atom is -0.367 e. The van der Waals surface area contributed by atoms with Gasteiger partial charge in [-0.1, -0.05) is 29.8 Å². The zero-order valence-corrected chi connectivity index (χ0v) is 14.5. The SMILES string of the molecule is Clc1ccc(-c2cnc3n2CC(CNCc2ccccn2)OC3)cc1. The first-order valence-corrected chi connectivity index (χ1v) is 8.70. The van der Waals surface area contributed by atoms with Crippen LogP contribution in [0.5, 0.6) is 0 Å². The van der Waals surface area contributed by atoms with Gasteiger partial charge in [-0.15, -0.1) is 0 Å². The molecule has 4 rings (SSSR count). The second kappa shape index (κ2) is 7.35. The highest BCUT2D eigenvalue weighted by molar-refractivity contribution is 6.30. The lowest BCUT2D eigenvalue weighted by atomic mass is 10.1. The lowest BCUT2D eigenvalue weighted by Gasteiger charge is -2.26. The topological polar surface area (TPSA) is 52.0 Å². The van der Waals surface area contributed by atoms with E-state index in [4.69, 9.17) is 16.3 Å². The Morgan fingerprint density at radius 2 is 2.04 bits per heavy atom. The molecule has 128 valence electrons. The zero-order chi connectivity index (χ0) is 17.1. The third-order valence-corrected chi connectivity index (χ3v) is 4.57. The summed E-state index contributed by atoms with van der Waals surface area (Å²) in [6, 6.07) is 13.8. The number of fused-ring (bicyclic) bond motifs is 1. The maximum Gasteiger partial charge on any atom is 0.135 e. The van der Waals surface area contributed by atoms with E-state index >= 15 is 0 Å². The van der Waals surface area contributed by atoms with Gasteiger partial charge in [0.2, 0.25) is 0 Å². The van der Waals surface area contributed by atoms with Gasteiger partial charge < -0.3 is 14.6 Å². The third-order valence-electron chi connectivity index (χ3n) is 4.32. The second-order valence-electron chi connectivity index (χ2n) is 6.06. The summed E-state index contributed by atoms with van der Waals surface area (Å²) in [5.41, 5.74) is 3.25. The lowest BCUT2D eigenvalue weighted by molar-refractivity contribution is 0.00322. The molecule has 1 aliphatic heterocycles. The van der Waals surface area contributed by atoms with Gasteiger partial charge in [0.15, 0.2) is 0 Å². The molecule has 1 unspecified atom stereocenters. The maximum absolute atomic E-state index is 5.99. The second-order valence-corrected chi connectivity index (χ2v) is 6.50. The Labute approximate surface area is 151 Å². The van der Waals surface area contributed by atoms with Gasteiger partial charge in [-0.25, -0.2) is 4.98 Å². The molecule has 0 radical (unpaired) electrons. The number of ether oxygens (including phenoxy) is 1. The zero-order valence-electron chi connectivity index (χ0n) is 13.7. The van der Waals surface area contributed by atoms with E-state index in [2.05, 4.69) is 19.9 Å². The number of pyridine rings is 1. The molecule has 0 aliphatic carbocycles. The van der Waals surface area contributed by atoms with Gasteiger partial charge in [-0.05, 0) is 29.8 Å². The van der Waals surface area contributed by atoms with E-state index in [9.17, 15) is 0 Å². The van der Waals surface area contributed by atoms with Crippen LogP contribution in [0.4, 0.5) is 0 Å². The molecular formula is C19H19ClN4O. The molecular weight excluding hydrogens is 336 g/mol. The number of halogens is 1. The number of hydrogen-bond donors (Lipinski definition) is 1. The molecule has 0 amide bonds. The highest BCUT2D eigenvalue weighted by Gasteiger charge is 2.22. The van der Waals surface area contributed by atoms with Crippen LogP contribution in [0.3, 0.4) is 0 Å². The van der Waals surface area contributed by atoms with E-state index < -0.39 is 0 Å². The van der Waals surface area contributed by atoms with Crippen molar-refractivity contribution in [3.8, 4) is 11.3 Å². The predicted octanol–water partition coefficient (Wildman–Crippen LogP) is 3.29. The summed E-state index contributed by atoms with van der Waals surface area (Å²) in [6.45, 7) is 2.82. The van der Waals surface area contributed by atoms with Crippen LogP contribution in [0.25, 0.3) is 11.3 Å². The van der Waals surface area contributed by atoms with Crippen molar-refractivity contribution in [1.82, 2.24) is 19.9 Å². The number of rotatable bonds is 5. The van der Waals surface area contributed by atoms with Crippen molar-refractivity contribution in [2.75, 3.05) is 6.54 Å². The van der Waals surface area contributed by atoms with Crippen molar-refractivity contribution in [1.29, 1.82) is 0 Å². The number of nitrogens with zero attached hydrogens (tertiary/aromatic N) is 3. The van der Waals surface area contributed by atoms with Gasteiger partial charge in [0.25, 0.3) is 0 Å². The van der Waals surface area contributed by atoms with E-state index in [1.54, 1.807) is 0 Å². The van der Waals surface area contributed by atoms with Crippen molar-refractivity contribution in [3.63, 3.8) is 0 Å². The molecule has 1 aliphatic rings. The standard InChI is InChI=1S/C19H19ClN4O/c20-15-6-4-14(5-7-15)18-11-23-19-13-25-17(12-24(18)19)10-21-9-16-3-1-2-8-22-16/h1-8,11,17,21H,9-10,12-13H2. The summed E-state index contributed by atoms with van der Waals surface area (Å²) in [6.07, 6.45) is 3.83. The molecule has 0 fully saturated rings. The summed E-state index contributed by atoms with van der Waals surface area (Å²) >= 11 is 5.99. The molecule has 3 heterocycles. The Bertz CT molecular complexity index is 832. The molecule has 0 saturated carbocycles. The Hall–Kier alpha value is -2.21. The van der Waals surface area contributed by atoms with Gasteiger partial charge in [-0.3, -0.25) is 4.98 Å². The molecule has 5 nitrogen and oxygen atoms in total. The fraction of sp³-hybridized carbons (Fsp3) is 0.263. The van der Waals surface area contributed by atoms with Crippen LogP contribution in [-0.2, 0) is 24.4 Å². The van der Waals surface area contributed by atoms with Crippen LogP contribution in [-0.4, -0.2) is 27.2 Å². The Balaban J connectivity index is 1.42. The quantitative estimate of drug-likeness (QED) is 0.764. The number of benzene rings is 1. The van der Waals surface area contributed by atoms with Crippen molar-refractivity contribution in [2.24, 2.45) is 0 Å². The maximum atomic E-state index is 5.99. The summed E-state index contributed by atoms with van der Waals surface area (Å²) in [5.74, 6) is 0.964. The minimum absolute atomic E-state index is 0.108. The van der Waals surface area contributed by atoms with Gasteiger partial charge in [0.05, 0.1) is 30.2 Å². The highest BCUT2D eigenvalue weighted by Crippen LogP contribution is 2.26. The fourth-order valence-corrected chi connectivity index (χ4v) is 3.15. The average molecular weight is 355 g/mol. The predicted molar refractivity (Wildman–Crippen MR) is 97.2 cm³/mol. The van der Waals surface area contributed by atoms with Crippen LogP contribution in [0.1, 0.15) is 11.5 Å². The smallest absolute Gasteiger partial charge is 0.135 e. The van der Waals surface area contributed by atoms with E-state index in [1.807, 2.05) is 54.9 Å². The molecule has 2 aromatic heterocycles. The van der Waals surface area contributed by atoms with E-state index in [0.717, 1.165) is 47.4 Å². The molecule has 6 heteroatoms. The monoisotopic (exact) mass is 354 g/mol. The lowest BCUT2D eigenvalue weighted by Crippen LogP contribution is -2.36. The highest BCUT2D eigenvalue weighted by atomic mass is 35.5. The first kappa shape index (κ1) is 16.3. The van der Waals surface area contributed by atoms with Crippen LogP contribution in [0.2, 0.25) is 5.02 Å². The molecule has 0 saturated heterocycles. The van der Waals surface area contributed by atoms with Crippen molar-refractivity contribution < 1.29 is 4.74 Å². The molecule has 3 aromatic rings. The number of aromatic nitrogens is 3. The van der Waals surface area contributed by atoms with E-state index in [0.29, 0.717) is 6.61 Å². The molecule has 0 spiro atoms. The number of hydrogen-bond acceptors (Lipinski definition) is 4. The molecule has 0 bridgehead atoms. The molecule has 1 N–H and O–H groups in total. The van der Waals surface area contributed by atoms with E-state index in [-0.39, 0.29) is 6.10 Å². The number of nitrogens with one attached hydrogen (secondary N) is 1. The summed E-state index contributed by atoms with van der Waals surface area (Å²) in [7, 11) is 0. The first-order chi connectivity index (χ1) is 12.3. The minimum atomic E-state index is 0.108. The molecule has 1 atom stereocenters. The van der Waals surface area contributed by atoms with Crippen LogP contribution in [0, 0.1) is 0 Å². The largest absolute Gasteiger partial charge is 0.367 e. The van der Waals surface area contributed by atoms with Gasteiger partial charge in [0.1, 0.15) is 12.4 Å². The van der Waals surface area contributed by atoms with Crippen molar-refractivity contribution in [2.45, 2.75) is 25.8 Å². The Morgan fingerprint density at radius 3 is 2.84 bits per heavy atom. The number of imidazole rings is 1. The Morgan fingerprint density at radius 1 is 1.16 bits per heavy atom. The molecule has 1 aromatic carbocycles. The van der Waals surface area contributed by atoms with Crippen LogP contribution >= 0.6 is 11.6 Å². The molecule has 25 heavy (non-hydrogen) atoms. The Kier molecular flexibility index (Phi) is 4.78.